The lowest BCUT2D eigenvalue weighted by Crippen LogP contribution is -2.20. The Kier molecular flexibility index (Phi) is 6.15. The van der Waals surface area contributed by atoms with E-state index in [4.69, 9.17) is 16.3 Å². The van der Waals surface area contributed by atoms with Crippen molar-refractivity contribution in [3.05, 3.63) is 58.9 Å². The number of amides is 1. The van der Waals surface area contributed by atoms with Gasteiger partial charge < -0.3 is 10.1 Å². The first-order valence-corrected chi connectivity index (χ1v) is 9.32. The van der Waals surface area contributed by atoms with Crippen molar-refractivity contribution >= 4 is 23.2 Å². The lowest BCUT2D eigenvalue weighted by Gasteiger charge is -2.28. The first-order valence-electron chi connectivity index (χ1n) is 8.94. The maximum absolute atomic E-state index is 13.5. The minimum Gasteiger partial charge on any atom is -0.497 e. The lowest BCUT2D eigenvalue weighted by atomic mass is 9.77. The predicted molar refractivity (Wildman–Crippen MR) is 102 cm³/mol. The zero-order valence-electron chi connectivity index (χ0n) is 14.8. The van der Waals surface area contributed by atoms with Crippen LogP contribution in [0, 0.1) is 11.7 Å². The number of carbonyl (C=O) groups is 1. The standard InChI is InChI=1S/C21H23ClFNO2/c1-26-18-4-2-3-16(12-18)15-7-5-14(6-8-15)11-21(25)24-17-9-10-19(22)20(23)13-17/h2-4,9-10,12-15H,5-8,11H2,1H3,(H,24,25)/t14-,15+. The first kappa shape index (κ1) is 18.7. The molecule has 2 aromatic rings. The number of hydrogen-bond acceptors (Lipinski definition) is 2. The Morgan fingerprint density at radius 3 is 2.65 bits per heavy atom. The molecule has 1 aliphatic rings. The molecular formula is C21H23ClFNO2. The second-order valence-electron chi connectivity index (χ2n) is 6.88. The van der Waals surface area contributed by atoms with Crippen molar-refractivity contribution in [1.82, 2.24) is 0 Å². The van der Waals surface area contributed by atoms with E-state index >= 15 is 0 Å². The molecule has 138 valence electrons. The maximum atomic E-state index is 13.5. The van der Waals surface area contributed by atoms with Crippen molar-refractivity contribution in [2.24, 2.45) is 5.92 Å². The Hall–Kier alpha value is -2.07. The Morgan fingerprint density at radius 2 is 1.96 bits per heavy atom. The van der Waals surface area contributed by atoms with Gasteiger partial charge in [0.2, 0.25) is 5.91 Å². The highest BCUT2D eigenvalue weighted by molar-refractivity contribution is 6.30. The third kappa shape index (κ3) is 4.76. The third-order valence-electron chi connectivity index (χ3n) is 5.09. The minimum absolute atomic E-state index is 0.0545. The van der Waals surface area contributed by atoms with Gasteiger partial charge in [-0.05, 0) is 73.4 Å². The molecule has 0 unspecified atom stereocenters. The van der Waals surface area contributed by atoms with Gasteiger partial charge >= 0.3 is 0 Å². The smallest absolute Gasteiger partial charge is 0.224 e. The second-order valence-corrected chi connectivity index (χ2v) is 7.28. The third-order valence-corrected chi connectivity index (χ3v) is 5.40. The van der Waals surface area contributed by atoms with Crippen LogP contribution in [-0.2, 0) is 4.79 Å². The van der Waals surface area contributed by atoms with Crippen LogP contribution in [0.2, 0.25) is 5.02 Å². The van der Waals surface area contributed by atoms with Gasteiger partial charge in [0, 0.05) is 12.1 Å². The zero-order valence-corrected chi connectivity index (χ0v) is 15.6. The zero-order chi connectivity index (χ0) is 18.5. The summed E-state index contributed by atoms with van der Waals surface area (Å²) in [5.74, 6) is 1.18. The molecule has 0 heterocycles. The summed E-state index contributed by atoms with van der Waals surface area (Å²) in [6.45, 7) is 0. The highest BCUT2D eigenvalue weighted by Gasteiger charge is 2.24. The number of rotatable bonds is 5. The number of benzene rings is 2. The molecule has 1 N–H and O–H groups in total. The molecule has 5 heteroatoms. The lowest BCUT2D eigenvalue weighted by molar-refractivity contribution is -0.117. The highest BCUT2D eigenvalue weighted by atomic mass is 35.5. The first-order chi connectivity index (χ1) is 12.5. The van der Waals surface area contributed by atoms with Crippen LogP contribution in [0.3, 0.4) is 0 Å². The van der Waals surface area contributed by atoms with Gasteiger partial charge in [0.25, 0.3) is 0 Å². The van der Waals surface area contributed by atoms with Gasteiger partial charge in [-0.1, -0.05) is 23.7 Å². The van der Waals surface area contributed by atoms with Crippen LogP contribution in [0.25, 0.3) is 0 Å². The number of halogens is 2. The number of methoxy groups -OCH3 is 1. The van der Waals surface area contributed by atoms with Crippen LogP contribution >= 0.6 is 11.6 Å². The predicted octanol–water partition coefficient (Wildman–Crippen LogP) is 5.79. The van der Waals surface area contributed by atoms with Crippen LogP contribution in [0.5, 0.6) is 5.75 Å². The Bertz CT molecular complexity index is 772. The van der Waals surface area contributed by atoms with E-state index in [-0.39, 0.29) is 10.9 Å². The number of hydrogen-bond donors (Lipinski definition) is 1. The van der Waals surface area contributed by atoms with E-state index < -0.39 is 5.82 Å². The summed E-state index contributed by atoms with van der Waals surface area (Å²) in [4.78, 5) is 12.2. The summed E-state index contributed by atoms with van der Waals surface area (Å²) in [7, 11) is 1.68. The van der Waals surface area contributed by atoms with Crippen molar-refractivity contribution in [1.29, 1.82) is 0 Å². The van der Waals surface area contributed by atoms with E-state index in [1.807, 2.05) is 12.1 Å². The summed E-state index contributed by atoms with van der Waals surface area (Å²) >= 11 is 5.66. The van der Waals surface area contributed by atoms with Crippen LogP contribution < -0.4 is 10.1 Å². The summed E-state index contributed by atoms with van der Waals surface area (Å²) in [5, 5.41) is 2.82. The molecule has 0 spiro atoms. The van der Waals surface area contributed by atoms with Gasteiger partial charge in [0.1, 0.15) is 11.6 Å². The quantitative estimate of drug-likeness (QED) is 0.718. The van der Waals surface area contributed by atoms with Gasteiger partial charge in [-0.3, -0.25) is 4.79 Å². The molecule has 1 fully saturated rings. The maximum Gasteiger partial charge on any atom is 0.224 e. The molecule has 1 amide bonds. The topological polar surface area (TPSA) is 38.3 Å². The molecule has 0 atom stereocenters. The van der Waals surface area contributed by atoms with E-state index in [0.717, 1.165) is 31.4 Å². The molecule has 1 aliphatic carbocycles. The van der Waals surface area contributed by atoms with Crippen molar-refractivity contribution < 1.29 is 13.9 Å². The SMILES string of the molecule is COc1cccc([C@H]2CC[C@@H](CC(=O)Nc3ccc(Cl)c(F)c3)CC2)c1. The molecule has 3 rings (SSSR count). The molecule has 0 bridgehead atoms. The number of ether oxygens (including phenoxy) is 1. The Balaban J connectivity index is 1.50. The van der Waals surface area contributed by atoms with E-state index in [9.17, 15) is 9.18 Å². The number of anilines is 1. The fourth-order valence-electron chi connectivity index (χ4n) is 3.64. The minimum atomic E-state index is -0.525. The summed E-state index contributed by atoms with van der Waals surface area (Å²) < 4.78 is 18.8. The molecule has 0 saturated heterocycles. The van der Waals surface area contributed by atoms with Crippen molar-refractivity contribution in [2.45, 2.75) is 38.0 Å². The van der Waals surface area contributed by atoms with Crippen molar-refractivity contribution in [3.63, 3.8) is 0 Å². The van der Waals surface area contributed by atoms with Crippen LogP contribution in [-0.4, -0.2) is 13.0 Å². The Labute approximate surface area is 158 Å². The van der Waals surface area contributed by atoms with Gasteiger partial charge in [-0.25, -0.2) is 4.39 Å². The molecule has 0 radical (unpaired) electrons. The molecule has 26 heavy (non-hydrogen) atoms. The van der Waals surface area contributed by atoms with Crippen molar-refractivity contribution in [2.75, 3.05) is 12.4 Å². The van der Waals surface area contributed by atoms with Gasteiger partial charge in [-0.2, -0.15) is 0 Å². The highest BCUT2D eigenvalue weighted by Crippen LogP contribution is 2.38. The number of nitrogens with one attached hydrogen (secondary N) is 1. The van der Waals surface area contributed by atoms with E-state index in [1.54, 1.807) is 13.2 Å². The monoisotopic (exact) mass is 375 g/mol. The van der Waals surface area contributed by atoms with E-state index in [0.29, 0.717) is 23.9 Å². The average molecular weight is 376 g/mol. The largest absolute Gasteiger partial charge is 0.497 e. The summed E-state index contributed by atoms with van der Waals surface area (Å²) in [5.41, 5.74) is 1.76. The molecule has 0 aliphatic heterocycles. The van der Waals surface area contributed by atoms with Crippen LogP contribution in [0.15, 0.2) is 42.5 Å². The van der Waals surface area contributed by atoms with Crippen molar-refractivity contribution in [3.8, 4) is 5.75 Å². The van der Waals surface area contributed by atoms with Crippen LogP contribution in [0.4, 0.5) is 10.1 Å². The van der Waals surface area contributed by atoms with Gasteiger partial charge in [0.15, 0.2) is 0 Å². The van der Waals surface area contributed by atoms with Crippen LogP contribution in [0.1, 0.15) is 43.6 Å². The number of carbonyl (C=O) groups excluding carboxylic acids is 1. The summed E-state index contributed by atoms with van der Waals surface area (Å²) in [6.07, 6.45) is 4.64. The van der Waals surface area contributed by atoms with Gasteiger partial charge in [0.05, 0.1) is 12.1 Å². The molecule has 1 saturated carbocycles. The average Bonchev–Trinajstić information content (AvgIpc) is 2.65. The van der Waals surface area contributed by atoms with Gasteiger partial charge in [-0.15, -0.1) is 0 Å². The Morgan fingerprint density at radius 1 is 1.19 bits per heavy atom. The fourth-order valence-corrected chi connectivity index (χ4v) is 3.76. The molecular weight excluding hydrogens is 353 g/mol. The molecule has 2 aromatic carbocycles. The summed E-state index contributed by atoms with van der Waals surface area (Å²) in [6, 6.07) is 12.6. The molecule has 3 nitrogen and oxygen atoms in total. The fraction of sp³-hybridized carbons (Fsp3) is 0.381. The normalized spacial score (nSPS) is 19.8. The second kappa shape index (κ2) is 8.54. The van der Waals surface area contributed by atoms with E-state index in [2.05, 4.69) is 17.4 Å². The molecule has 0 aromatic heterocycles. The van der Waals surface area contributed by atoms with E-state index in [1.165, 1.54) is 17.7 Å².